The number of para-hydroxylation sites is 1. The fourth-order valence-corrected chi connectivity index (χ4v) is 3.15. The lowest BCUT2D eigenvalue weighted by molar-refractivity contribution is 0.0828. The number of amides is 1. The second kappa shape index (κ2) is 6.48. The third kappa shape index (κ3) is 2.83. The molecule has 136 valence electrons. The van der Waals surface area contributed by atoms with Gasteiger partial charge in [-0.2, -0.15) is 0 Å². The van der Waals surface area contributed by atoms with Gasteiger partial charge in [-0.05, 0) is 44.0 Å². The summed E-state index contributed by atoms with van der Waals surface area (Å²) < 4.78 is 41.5. The van der Waals surface area contributed by atoms with Crippen molar-refractivity contribution in [2.75, 3.05) is 26.0 Å². The van der Waals surface area contributed by atoms with Gasteiger partial charge in [0.15, 0.2) is 0 Å². The van der Waals surface area contributed by atoms with Gasteiger partial charge in [0.1, 0.15) is 11.3 Å². The number of rotatable bonds is 3. The predicted molar refractivity (Wildman–Crippen MR) is 107 cm³/mol. The van der Waals surface area contributed by atoms with Gasteiger partial charge in [-0.1, -0.05) is 18.2 Å². The summed E-state index contributed by atoms with van der Waals surface area (Å²) in [4.78, 5) is 20.2. The molecule has 0 atom stereocenters. The average molecular weight is 355 g/mol. The molecule has 0 spiro atoms. The van der Waals surface area contributed by atoms with E-state index in [1.54, 1.807) is 27.1 Å². The quantitative estimate of drug-likeness (QED) is 0.714. The summed E-state index contributed by atoms with van der Waals surface area (Å²) in [7, 11) is 3.22. The zero-order chi connectivity index (χ0) is 23.2. The minimum absolute atomic E-state index is 0.259. The molecule has 0 aliphatic heterocycles. The maximum Gasteiger partial charge on any atom is 0.253 e. The van der Waals surface area contributed by atoms with E-state index in [9.17, 15) is 4.79 Å². The third-order valence-electron chi connectivity index (χ3n) is 4.50. The number of aromatic nitrogens is 2. The number of carbonyl (C=O) groups excluding carboxylic acids is 1. The van der Waals surface area contributed by atoms with Gasteiger partial charge in [-0.25, -0.2) is 4.98 Å². The number of carbonyl (C=O) groups is 1. The van der Waals surface area contributed by atoms with Crippen LogP contribution >= 0.6 is 0 Å². The van der Waals surface area contributed by atoms with Crippen molar-refractivity contribution in [3.05, 3.63) is 52.8 Å². The Balaban J connectivity index is 2.46. The van der Waals surface area contributed by atoms with Crippen LogP contribution in [0.25, 0.3) is 11.0 Å². The van der Waals surface area contributed by atoms with E-state index in [0.29, 0.717) is 16.9 Å². The Hall–Kier alpha value is -2.82. The molecule has 5 heteroatoms. The molecule has 0 aliphatic carbocycles. The summed E-state index contributed by atoms with van der Waals surface area (Å²) in [5, 5.41) is 0. The van der Waals surface area contributed by atoms with Gasteiger partial charge < -0.3 is 14.4 Å². The van der Waals surface area contributed by atoms with Gasteiger partial charge in [-0.3, -0.25) is 4.79 Å². The summed E-state index contributed by atoms with van der Waals surface area (Å²) in [5.41, 5.74) is 3.57. The van der Waals surface area contributed by atoms with E-state index in [-0.39, 0.29) is 22.8 Å². The Morgan fingerprint density at radius 1 is 1.15 bits per heavy atom. The monoisotopic (exact) mass is 355 g/mol. The molecule has 26 heavy (non-hydrogen) atoms. The van der Waals surface area contributed by atoms with Crippen molar-refractivity contribution in [3.8, 4) is 0 Å². The molecule has 0 aliphatic rings. The Bertz CT molecular complexity index is 1130. The number of anilines is 2. The third-order valence-corrected chi connectivity index (χ3v) is 4.50. The predicted octanol–water partition coefficient (Wildman–Crippen LogP) is 3.97. The van der Waals surface area contributed by atoms with Crippen LogP contribution < -0.4 is 4.90 Å². The van der Waals surface area contributed by atoms with E-state index in [0.717, 1.165) is 15.7 Å². The normalized spacial score (nSPS) is 14.5. The molecule has 3 rings (SSSR count). The molecule has 1 amide bonds. The highest BCUT2D eigenvalue weighted by atomic mass is 16.2. The zero-order valence-electron chi connectivity index (χ0n) is 20.7. The molecule has 1 heterocycles. The summed E-state index contributed by atoms with van der Waals surface area (Å²) in [6.07, 6.45) is 0. The van der Waals surface area contributed by atoms with Crippen molar-refractivity contribution in [1.82, 2.24) is 14.5 Å². The largest absolute Gasteiger partial charge is 0.345 e. The first-order chi connectivity index (χ1) is 14.3. The van der Waals surface area contributed by atoms with Gasteiger partial charge >= 0.3 is 0 Å². The van der Waals surface area contributed by atoms with Gasteiger partial charge in [0.05, 0.1) is 11.2 Å². The Morgan fingerprint density at radius 2 is 1.85 bits per heavy atom. The van der Waals surface area contributed by atoms with Crippen LogP contribution in [0.5, 0.6) is 0 Å². The number of aryl methyl sites for hydroxylation is 4. The SMILES string of the molecule is [2H]C([2H])N(c1c(C)cccc1C)c1cc(C(=O)N(C)C)cc2c1nc(C)n2C([2H])([2H])[2H]. The van der Waals surface area contributed by atoms with Crippen molar-refractivity contribution in [3.63, 3.8) is 0 Å². The first-order valence-corrected chi connectivity index (χ1v) is 8.29. The molecule has 0 N–H and O–H groups in total. The lowest BCUT2D eigenvalue weighted by atomic mass is 10.1. The molecule has 2 aromatic carbocycles. The van der Waals surface area contributed by atoms with Crippen molar-refractivity contribution >= 4 is 28.3 Å². The summed E-state index contributed by atoms with van der Waals surface area (Å²) in [5.74, 6) is -0.0502. The maximum atomic E-state index is 12.8. The van der Waals surface area contributed by atoms with Crippen LogP contribution in [-0.2, 0) is 6.98 Å². The molecule has 5 nitrogen and oxygen atoms in total. The van der Waals surface area contributed by atoms with Crippen LogP contribution in [0.1, 0.15) is 34.2 Å². The summed E-state index contributed by atoms with van der Waals surface area (Å²) in [6.45, 7) is 1.41. The van der Waals surface area contributed by atoms with Crippen molar-refractivity contribution in [2.45, 2.75) is 20.8 Å². The number of hydrogen-bond donors (Lipinski definition) is 0. The van der Waals surface area contributed by atoms with Gasteiger partial charge in [-0.15, -0.1) is 0 Å². The van der Waals surface area contributed by atoms with Gasteiger partial charge in [0.2, 0.25) is 0 Å². The Morgan fingerprint density at radius 3 is 2.42 bits per heavy atom. The lowest BCUT2D eigenvalue weighted by Gasteiger charge is -2.25. The summed E-state index contributed by atoms with van der Waals surface area (Å²) in [6, 6.07) is 8.76. The van der Waals surface area contributed by atoms with Crippen LogP contribution in [0.2, 0.25) is 0 Å². The molecule has 3 aromatic rings. The number of fused-ring (bicyclic) bond motifs is 1. The second-order valence-electron chi connectivity index (χ2n) is 6.67. The number of hydrogen-bond acceptors (Lipinski definition) is 3. The van der Waals surface area contributed by atoms with Gasteiger partial charge in [0, 0.05) is 46.2 Å². The van der Waals surface area contributed by atoms with Crippen LogP contribution in [0.3, 0.4) is 0 Å². The van der Waals surface area contributed by atoms with E-state index >= 15 is 0 Å². The molecule has 0 bridgehead atoms. The molecule has 1 aromatic heterocycles. The van der Waals surface area contributed by atoms with Gasteiger partial charge in [0.25, 0.3) is 5.91 Å². The van der Waals surface area contributed by atoms with Crippen LogP contribution in [0.15, 0.2) is 30.3 Å². The van der Waals surface area contributed by atoms with Crippen molar-refractivity contribution < 1.29 is 11.6 Å². The Labute approximate surface area is 161 Å². The highest BCUT2D eigenvalue weighted by molar-refractivity contribution is 6.02. The van der Waals surface area contributed by atoms with E-state index in [2.05, 4.69) is 4.98 Å². The highest BCUT2D eigenvalue weighted by Crippen LogP contribution is 2.35. The van der Waals surface area contributed by atoms with Crippen LogP contribution in [0, 0.1) is 20.8 Å². The van der Waals surface area contributed by atoms with Crippen molar-refractivity contribution in [1.29, 1.82) is 0 Å². The Kier molecular flexibility index (Phi) is 3.12. The van der Waals surface area contributed by atoms with E-state index < -0.39 is 14.0 Å². The minimum atomic E-state index is -2.50. The fourth-order valence-electron chi connectivity index (χ4n) is 3.15. The first-order valence-electron chi connectivity index (χ1n) is 10.9. The number of nitrogens with zero attached hydrogens (tertiary/aromatic N) is 4. The second-order valence-corrected chi connectivity index (χ2v) is 6.67. The molecule has 0 saturated heterocycles. The molecular weight excluding hydrogens is 324 g/mol. The van der Waals surface area contributed by atoms with E-state index in [4.69, 9.17) is 6.85 Å². The zero-order valence-corrected chi connectivity index (χ0v) is 15.7. The van der Waals surface area contributed by atoms with Crippen LogP contribution in [0.4, 0.5) is 11.4 Å². The number of benzene rings is 2. The minimum Gasteiger partial charge on any atom is -0.345 e. The van der Waals surface area contributed by atoms with Crippen LogP contribution in [-0.4, -0.2) is 41.5 Å². The van der Waals surface area contributed by atoms with E-state index in [1.165, 1.54) is 15.9 Å². The smallest absolute Gasteiger partial charge is 0.253 e. The molecule has 0 unspecified atom stereocenters. The highest BCUT2D eigenvalue weighted by Gasteiger charge is 2.20. The van der Waals surface area contributed by atoms with Crippen molar-refractivity contribution in [2.24, 2.45) is 6.98 Å². The standard InChI is InChI=1S/C21H26N4O/c1-13-9-8-10-14(2)20(13)25(7)18-12-16(21(26)23(4)5)11-17-19(18)22-15(3)24(17)6/h8-12H,1-7H3/i6D3,7D2. The summed E-state index contributed by atoms with van der Waals surface area (Å²) >= 11 is 0. The molecule has 0 fully saturated rings. The maximum absolute atomic E-state index is 12.8. The average Bonchev–Trinajstić information content (AvgIpc) is 2.99. The number of imidazole rings is 1. The molecule has 0 saturated carbocycles. The molecular formula is C21H26N4O. The topological polar surface area (TPSA) is 41.4 Å². The lowest BCUT2D eigenvalue weighted by Crippen LogP contribution is -2.22. The van der Waals surface area contributed by atoms with E-state index in [1.807, 2.05) is 32.0 Å². The first kappa shape index (κ1) is 12.5. The molecule has 0 radical (unpaired) electrons. The fraction of sp³-hybridized carbons (Fsp3) is 0.333.